The van der Waals surface area contributed by atoms with Crippen LogP contribution in [0.4, 0.5) is 5.69 Å². The lowest BCUT2D eigenvalue weighted by atomic mass is 10.0. The molecule has 2 rings (SSSR count). The quantitative estimate of drug-likeness (QED) is 0.793. The number of benzene rings is 1. The van der Waals surface area contributed by atoms with Crippen molar-refractivity contribution in [3.63, 3.8) is 0 Å². The number of carbonyl (C=O) groups is 1. The first-order valence-electron chi connectivity index (χ1n) is 6.63. The van der Waals surface area contributed by atoms with Crippen molar-refractivity contribution in [1.82, 2.24) is 0 Å². The Kier molecular flexibility index (Phi) is 4.24. The molecule has 1 fully saturated rings. The molecule has 0 aliphatic carbocycles. The summed E-state index contributed by atoms with van der Waals surface area (Å²) < 4.78 is 23.5. The highest BCUT2D eigenvalue weighted by Gasteiger charge is 2.22. The molecule has 0 bridgehead atoms. The molecule has 0 saturated carbocycles. The van der Waals surface area contributed by atoms with Gasteiger partial charge in [-0.1, -0.05) is 6.92 Å². The van der Waals surface area contributed by atoms with E-state index in [9.17, 15) is 13.2 Å². The van der Waals surface area contributed by atoms with E-state index >= 15 is 0 Å². The van der Waals surface area contributed by atoms with Crippen LogP contribution in [0.1, 0.15) is 26.2 Å². The van der Waals surface area contributed by atoms with E-state index in [1.807, 2.05) is 0 Å². The van der Waals surface area contributed by atoms with Crippen LogP contribution in [0.3, 0.4) is 0 Å². The first kappa shape index (κ1) is 14.1. The first-order valence-corrected chi connectivity index (χ1v) is 8.28. The SMILES string of the molecule is CCS(=O)(=O)c1ccc(N2CCCCC2C=O)cc1. The standard InChI is InChI=1S/C14H19NO3S/c1-2-19(17,18)14-8-6-12(7-9-14)15-10-4-3-5-13(15)11-16/h6-9,11,13H,2-5,10H2,1H3. The zero-order valence-corrected chi connectivity index (χ0v) is 11.9. The Morgan fingerprint density at radius 1 is 1.26 bits per heavy atom. The minimum atomic E-state index is -3.15. The van der Waals surface area contributed by atoms with Gasteiger partial charge in [-0.05, 0) is 43.5 Å². The highest BCUT2D eigenvalue weighted by molar-refractivity contribution is 7.91. The van der Waals surface area contributed by atoms with Crippen molar-refractivity contribution in [2.45, 2.75) is 37.1 Å². The minimum Gasteiger partial charge on any atom is -0.362 e. The van der Waals surface area contributed by atoms with Crippen LogP contribution in [0.15, 0.2) is 29.2 Å². The van der Waals surface area contributed by atoms with E-state index in [4.69, 9.17) is 0 Å². The Bertz CT molecular complexity index is 536. The van der Waals surface area contributed by atoms with Gasteiger partial charge in [0, 0.05) is 12.2 Å². The van der Waals surface area contributed by atoms with Gasteiger partial charge < -0.3 is 9.69 Å². The molecule has 19 heavy (non-hydrogen) atoms. The number of sulfone groups is 1. The summed E-state index contributed by atoms with van der Waals surface area (Å²) in [5.41, 5.74) is 0.923. The van der Waals surface area contributed by atoms with E-state index in [-0.39, 0.29) is 11.8 Å². The van der Waals surface area contributed by atoms with Crippen LogP contribution in [0.25, 0.3) is 0 Å². The number of carbonyl (C=O) groups excluding carboxylic acids is 1. The van der Waals surface area contributed by atoms with E-state index in [1.54, 1.807) is 31.2 Å². The molecular formula is C14H19NO3S. The van der Waals surface area contributed by atoms with Crippen LogP contribution in [0.5, 0.6) is 0 Å². The molecule has 0 radical (unpaired) electrons. The third-order valence-corrected chi connectivity index (χ3v) is 5.36. The molecule has 0 aromatic heterocycles. The Hall–Kier alpha value is -1.36. The van der Waals surface area contributed by atoms with Gasteiger partial charge in [0.15, 0.2) is 9.84 Å². The van der Waals surface area contributed by atoms with Crippen LogP contribution < -0.4 is 4.90 Å². The fraction of sp³-hybridized carbons (Fsp3) is 0.500. The van der Waals surface area contributed by atoms with E-state index < -0.39 is 9.84 Å². The Morgan fingerprint density at radius 2 is 1.95 bits per heavy atom. The second kappa shape index (κ2) is 5.74. The molecule has 1 aliphatic heterocycles. The zero-order valence-electron chi connectivity index (χ0n) is 11.1. The van der Waals surface area contributed by atoms with Gasteiger partial charge >= 0.3 is 0 Å². The Morgan fingerprint density at radius 3 is 2.53 bits per heavy atom. The Labute approximate surface area is 114 Å². The smallest absolute Gasteiger partial charge is 0.178 e. The predicted octanol–water partition coefficient (Wildman–Crippen LogP) is 2.04. The summed E-state index contributed by atoms with van der Waals surface area (Å²) >= 11 is 0. The topological polar surface area (TPSA) is 54.5 Å². The van der Waals surface area contributed by atoms with Gasteiger partial charge in [0.05, 0.1) is 16.7 Å². The average molecular weight is 281 g/mol. The fourth-order valence-electron chi connectivity index (χ4n) is 2.43. The summed E-state index contributed by atoms with van der Waals surface area (Å²) in [6.07, 6.45) is 4.00. The normalized spacial score (nSPS) is 20.3. The van der Waals surface area contributed by atoms with E-state index in [0.29, 0.717) is 4.90 Å². The van der Waals surface area contributed by atoms with Gasteiger partial charge in [0.25, 0.3) is 0 Å². The number of hydrogen-bond acceptors (Lipinski definition) is 4. The molecule has 1 aromatic rings. The number of anilines is 1. The molecule has 104 valence electrons. The summed E-state index contributed by atoms with van der Waals surface area (Å²) in [4.78, 5) is 13.5. The van der Waals surface area contributed by atoms with Crippen molar-refractivity contribution in [2.24, 2.45) is 0 Å². The molecule has 1 aromatic carbocycles. The Balaban J connectivity index is 2.25. The second-order valence-corrected chi connectivity index (χ2v) is 7.07. The molecule has 0 N–H and O–H groups in total. The maximum absolute atomic E-state index is 11.7. The van der Waals surface area contributed by atoms with Crippen molar-refractivity contribution >= 4 is 21.8 Å². The number of piperidine rings is 1. The molecular weight excluding hydrogens is 262 g/mol. The molecule has 1 saturated heterocycles. The summed E-state index contributed by atoms with van der Waals surface area (Å²) in [6.45, 7) is 2.49. The number of rotatable bonds is 4. The van der Waals surface area contributed by atoms with Gasteiger partial charge in [-0.2, -0.15) is 0 Å². The lowest BCUT2D eigenvalue weighted by Gasteiger charge is -2.34. The predicted molar refractivity (Wildman–Crippen MR) is 75.2 cm³/mol. The molecule has 4 nitrogen and oxygen atoms in total. The average Bonchev–Trinajstić information content (AvgIpc) is 2.47. The molecule has 1 aliphatic rings. The van der Waals surface area contributed by atoms with E-state index in [0.717, 1.165) is 37.8 Å². The molecule has 0 amide bonds. The summed E-state index contributed by atoms with van der Waals surface area (Å²) in [7, 11) is -3.15. The van der Waals surface area contributed by atoms with Gasteiger partial charge in [-0.15, -0.1) is 0 Å². The van der Waals surface area contributed by atoms with Crippen molar-refractivity contribution < 1.29 is 13.2 Å². The van der Waals surface area contributed by atoms with Gasteiger partial charge in [-0.25, -0.2) is 8.42 Å². The minimum absolute atomic E-state index is 0.0811. The van der Waals surface area contributed by atoms with Crippen molar-refractivity contribution in [1.29, 1.82) is 0 Å². The van der Waals surface area contributed by atoms with Gasteiger partial charge in [-0.3, -0.25) is 0 Å². The molecule has 1 heterocycles. The molecule has 1 atom stereocenters. The number of nitrogens with zero attached hydrogens (tertiary/aromatic N) is 1. The zero-order chi connectivity index (χ0) is 13.9. The second-order valence-electron chi connectivity index (χ2n) is 4.79. The van der Waals surface area contributed by atoms with Crippen molar-refractivity contribution in [3.8, 4) is 0 Å². The number of aldehydes is 1. The van der Waals surface area contributed by atoms with Crippen molar-refractivity contribution in [3.05, 3.63) is 24.3 Å². The first-order chi connectivity index (χ1) is 9.08. The highest BCUT2D eigenvalue weighted by atomic mass is 32.2. The maximum Gasteiger partial charge on any atom is 0.178 e. The third-order valence-electron chi connectivity index (χ3n) is 3.61. The molecule has 0 spiro atoms. The van der Waals surface area contributed by atoms with Crippen LogP contribution in [-0.4, -0.2) is 33.0 Å². The molecule has 1 unspecified atom stereocenters. The van der Waals surface area contributed by atoms with Gasteiger partial charge in [0.2, 0.25) is 0 Å². The fourth-order valence-corrected chi connectivity index (χ4v) is 3.32. The van der Waals surface area contributed by atoms with E-state index in [1.165, 1.54) is 0 Å². The third kappa shape index (κ3) is 2.97. The summed E-state index contributed by atoms with van der Waals surface area (Å²) in [5, 5.41) is 0. The highest BCUT2D eigenvalue weighted by Crippen LogP contribution is 2.25. The number of hydrogen-bond donors (Lipinski definition) is 0. The monoisotopic (exact) mass is 281 g/mol. The van der Waals surface area contributed by atoms with Crippen LogP contribution in [-0.2, 0) is 14.6 Å². The molecule has 5 heteroatoms. The van der Waals surface area contributed by atoms with Crippen LogP contribution in [0, 0.1) is 0 Å². The summed E-state index contributed by atoms with van der Waals surface area (Å²) in [6, 6.07) is 6.77. The van der Waals surface area contributed by atoms with Crippen LogP contribution in [0.2, 0.25) is 0 Å². The maximum atomic E-state index is 11.7. The van der Waals surface area contributed by atoms with Crippen molar-refractivity contribution in [2.75, 3.05) is 17.2 Å². The van der Waals surface area contributed by atoms with Gasteiger partial charge in [0.1, 0.15) is 6.29 Å². The largest absolute Gasteiger partial charge is 0.362 e. The van der Waals surface area contributed by atoms with Crippen LogP contribution >= 0.6 is 0 Å². The lowest BCUT2D eigenvalue weighted by molar-refractivity contribution is -0.109. The van der Waals surface area contributed by atoms with E-state index in [2.05, 4.69) is 4.90 Å². The lowest BCUT2D eigenvalue weighted by Crippen LogP contribution is -2.40. The summed E-state index contributed by atoms with van der Waals surface area (Å²) in [5.74, 6) is 0.104.